The number of rotatable bonds is 3. The average Bonchev–Trinajstić information content (AvgIpc) is 2.41. The zero-order chi connectivity index (χ0) is 14.0. The topological polar surface area (TPSA) is 49.5 Å². The highest BCUT2D eigenvalue weighted by atomic mass is 16.3. The molecule has 1 aliphatic rings. The molecule has 106 valence electrons. The van der Waals surface area contributed by atoms with Crippen LogP contribution in [0, 0.1) is 12.8 Å². The van der Waals surface area contributed by atoms with Gasteiger partial charge in [-0.1, -0.05) is 17.7 Å². The van der Waals surface area contributed by atoms with Crippen molar-refractivity contribution in [1.29, 1.82) is 0 Å². The van der Waals surface area contributed by atoms with Crippen LogP contribution in [-0.2, 0) is 0 Å². The predicted molar refractivity (Wildman–Crippen MR) is 79.2 cm³/mol. The predicted octanol–water partition coefficient (Wildman–Crippen LogP) is 2.82. The molecule has 0 radical (unpaired) electrons. The molecule has 0 aromatic heterocycles. The molecular formula is C16H26N2O. The van der Waals surface area contributed by atoms with Crippen LogP contribution in [0.1, 0.15) is 43.9 Å². The Bertz CT molecular complexity index is 423. The fourth-order valence-electron chi connectivity index (χ4n) is 3.04. The van der Waals surface area contributed by atoms with E-state index in [1.165, 1.54) is 5.56 Å². The summed E-state index contributed by atoms with van der Waals surface area (Å²) >= 11 is 0. The quantitative estimate of drug-likeness (QED) is 0.880. The van der Waals surface area contributed by atoms with Crippen LogP contribution in [0.3, 0.4) is 0 Å². The Morgan fingerprint density at radius 1 is 1.26 bits per heavy atom. The Labute approximate surface area is 116 Å². The number of aryl methyl sites for hydroxylation is 1. The Morgan fingerprint density at radius 2 is 1.89 bits per heavy atom. The molecule has 1 aliphatic heterocycles. The van der Waals surface area contributed by atoms with Gasteiger partial charge in [-0.3, -0.25) is 4.90 Å². The number of phenolic OH excluding ortho intramolecular Hbond substituents is 1. The van der Waals surface area contributed by atoms with Gasteiger partial charge in [0.15, 0.2) is 0 Å². The summed E-state index contributed by atoms with van der Waals surface area (Å²) in [6.45, 7) is 8.50. The summed E-state index contributed by atoms with van der Waals surface area (Å²) in [6.07, 6.45) is 2.32. The van der Waals surface area contributed by atoms with Crippen molar-refractivity contribution in [3.63, 3.8) is 0 Å². The number of hydrogen-bond donors (Lipinski definition) is 2. The zero-order valence-electron chi connectivity index (χ0n) is 12.3. The van der Waals surface area contributed by atoms with Crippen LogP contribution in [0.4, 0.5) is 0 Å². The van der Waals surface area contributed by atoms with Gasteiger partial charge in [-0.2, -0.15) is 0 Å². The summed E-state index contributed by atoms with van der Waals surface area (Å²) in [5.74, 6) is 1.06. The zero-order valence-corrected chi connectivity index (χ0v) is 12.3. The van der Waals surface area contributed by atoms with E-state index in [2.05, 4.69) is 31.7 Å². The Kier molecular flexibility index (Phi) is 4.48. The van der Waals surface area contributed by atoms with Crippen LogP contribution in [0.2, 0.25) is 0 Å². The standard InChI is InChI=1S/C16H26N2O/c1-11-4-5-16(19)15(10-11)13(3)18-8-6-14(7-9-18)12(2)17/h4-5,10,12-14,19H,6-9,17H2,1-3H3. The smallest absolute Gasteiger partial charge is 0.120 e. The molecule has 1 heterocycles. The van der Waals surface area contributed by atoms with Crippen LogP contribution in [0.25, 0.3) is 0 Å². The van der Waals surface area contributed by atoms with Gasteiger partial charge in [-0.15, -0.1) is 0 Å². The summed E-state index contributed by atoms with van der Waals surface area (Å²) in [5.41, 5.74) is 8.23. The lowest BCUT2D eigenvalue weighted by molar-refractivity contribution is 0.131. The van der Waals surface area contributed by atoms with Crippen molar-refractivity contribution in [2.75, 3.05) is 13.1 Å². The highest BCUT2D eigenvalue weighted by Gasteiger charge is 2.26. The van der Waals surface area contributed by atoms with E-state index in [9.17, 15) is 5.11 Å². The van der Waals surface area contributed by atoms with Crippen molar-refractivity contribution < 1.29 is 5.11 Å². The second-order valence-electron chi connectivity index (χ2n) is 5.97. The fraction of sp³-hybridized carbons (Fsp3) is 0.625. The lowest BCUT2D eigenvalue weighted by Crippen LogP contribution is -2.40. The minimum Gasteiger partial charge on any atom is -0.508 e. The molecule has 0 saturated carbocycles. The van der Waals surface area contributed by atoms with E-state index >= 15 is 0 Å². The number of phenols is 1. The van der Waals surface area contributed by atoms with Crippen LogP contribution in [-0.4, -0.2) is 29.1 Å². The number of aromatic hydroxyl groups is 1. The van der Waals surface area contributed by atoms with Crippen molar-refractivity contribution in [2.45, 2.75) is 45.7 Å². The molecule has 3 nitrogen and oxygen atoms in total. The summed E-state index contributed by atoms with van der Waals surface area (Å²) in [4.78, 5) is 2.45. The van der Waals surface area contributed by atoms with Gasteiger partial charge in [-0.05, 0) is 58.7 Å². The van der Waals surface area contributed by atoms with Crippen LogP contribution in [0.15, 0.2) is 18.2 Å². The summed E-state index contributed by atoms with van der Waals surface area (Å²) in [7, 11) is 0. The molecule has 2 unspecified atom stereocenters. The normalized spacial score (nSPS) is 21.3. The third-order valence-corrected chi connectivity index (χ3v) is 4.50. The second-order valence-corrected chi connectivity index (χ2v) is 5.97. The second kappa shape index (κ2) is 5.93. The molecule has 19 heavy (non-hydrogen) atoms. The van der Waals surface area contributed by atoms with E-state index in [1.54, 1.807) is 6.07 Å². The van der Waals surface area contributed by atoms with E-state index in [0.717, 1.165) is 31.5 Å². The maximum atomic E-state index is 10.0. The summed E-state index contributed by atoms with van der Waals surface area (Å²) < 4.78 is 0. The minimum absolute atomic E-state index is 0.272. The molecule has 3 N–H and O–H groups in total. The highest BCUT2D eigenvalue weighted by Crippen LogP contribution is 2.32. The average molecular weight is 262 g/mol. The summed E-state index contributed by atoms with van der Waals surface area (Å²) in [6, 6.07) is 6.42. The number of nitrogens with two attached hydrogens (primary N) is 1. The highest BCUT2D eigenvalue weighted by molar-refractivity contribution is 5.37. The first-order valence-corrected chi connectivity index (χ1v) is 7.28. The number of likely N-dealkylation sites (tertiary alicyclic amines) is 1. The Morgan fingerprint density at radius 3 is 2.47 bits per heavy atom. The van der Waals surface area contributed by atoms with E-state index in [4.69, 9.17) is 5.73 Å². The van der Waals surface area contributed by atoms with Crippen molar-refractivity contribution in [3.05, 3.63) is 29.3 Å². The van der Waals surface area contributed by atoms with Gasteiger partial charge in [0.05, 0.1) is 0 Å². The number of piperidine rings is 1. The molecule has 0 amide bonds. The first kappa shape index (κ1) is 14.4. The van der Waals surface area contributed by atoms with Gasteiger partial charge >= 0.3 is 0 Å². The number of nitrogens with zero attached hydrogens (tertiary/aromatic N) is 1. The van der Waals surface area contributed by atoms with Crippen molar-refractivity contribution >= 4 is 0 Å². The largest absolute Gasteiger partial charge is 0.508 e. The fourth-order valence-corrected chi connectivity index (χ4v) is 3.04. The van der Waals surface area contributed by atoms with E-state index in [-0.39, 0.29) is 6.04 Å². The molecule has 1 saturated heterocycles. The molecule has 2 atom stereocenters. The van der Waals surface area contributed by atoms with Gasteiger partial charge in [0.2, 0.25) is 0 Å². The van der Waals surface area contributed by atoms with Crippen LogP contribution in [0.5, 0.6) is 5.75 Å². The Hall–Kier alpha value is -1.06. The maximum Gasteiger partial charge on any atom is 0.120 e. The van der Waals surface area contributed by atoms with Gasteiger partial charge in [-0.25, -0.2) is 0 Å². The van der Waals surface area contributed by atoms with Gasteiger partial charge in [0.1, 0.15) is 5.75 Å². The molecule has 0 aliphatic carbocycles. The maximum absolute atomic E-state index is 10.0. The van der Waals surface area contributed by atoms with Crippen molar-refractivity contribution in [1.82, 2.24) is 4.90 Å². The lowest BCUT2D eigenvalue weighted by Gasteiger charge is -2.37. The monoisotopic (exact) mass is 262 g/mol. The molecule has 2 rings (SSSR count). The SMILES string of the molecule is Cc1ccc(O)c(C(C)N2CCC(C(C)N)CC2)c1. The minimum atomic E-state index is 0.272. The van der Waals surface area contributed by atoms with Gasteiger partial charge in [0.25, 0.3) is 0 Å². The van der Waals surface area contributed by atoms with Crippen molar-refractivity contribution in [3.8, 4) is 5.75 Å². The molecule has 0 bridgehead atoms. The summed E-state index contributed by atoms with van der Waals surface area (Å²) in [5, 5.41) is 10.0. The number of benzene rings is 1. The lowest BCUT2D eigenvalue weighted by atomic mass is 9.89. The first-order chi connectivity index (χ1) is 8.99. The molecule has 1 aromatic rings. The van der Waals surface area contributed by atoms with Crippen LogP contribution < -0.4 is 5.73 Å². The van der Waals surface area contributed by atoms with E-state index in [1.807, 2.05) is 6.07 Å². The number of hydrogen-bond acceptors (Lipinski definition) is 3. The van der Waals surface area contributed by atoms with Crippen molar-refractivity contribution in [2.24, 2.45) is 11.7 Å². The van der Waals surface area contributed by atoms with Gasteiger partial charge in [0, 0.05) is 17.6 Å². The third kappa shape index (κ3) is 3.28. The molecular weight excluding hydrogens is 236 g/mol. The Balaban J connectivity index is 2.05. The first-order valence-electron chi connectivity index (χ1n) is 7.28. The molecule has 1 fully saturated rings. The van der Waals surface area contributed by atoms with Crippen LogP contribution >= 0.6 is 0 Å². The third-order valence-electron chi connectivity index (χ3n) is 4.50. The molecule has 0 spiro atoms. The molecule has 1 aromatic carbocycles. The van der Waals surface area contributed by atoms with Gasteiger partial charge < -0.3 is 10.8 Å². The molecule has 3 heteroatoms. The van der Waals surface area contributed by atoms with E-state index < -0.39 is 0 Å². The van der Waals surface area contributed by atoms with E-state index in [0.29, 0.717) is 17.7 Å².